The number of hydrogen-bond acceptors (Lipinski definition) is 14. The quantitative estimate of drug-likeness (QED) is 0.136. The number of phenolic OH excluding ortho intramolecular Hbond substituents is 1. The Bertz CT molecular complexity index is 1500. The summed E-state index contributed by atoms with van der Waals surface area (Å²) >= 11 is 0. The predicted molar refractivity (Wildman–Crippen MR) is 183 cm³/mol. The van der Waals surface area contributed by atoms with Crippen LogP contribution in [0.1, 0.15) is 69.9 Å². The first kappa shape index (κ1) is 39.8. The topological polar surface area (TPSA) is 243 Å². The van der Waals surface area contributed by atoms with Gasteiger partial charge in [-0.1, -0.05) is 13.0 Å². The Kier molecular flexibility index (Phi) is 12.0. The number of rotatable bonds is 10. The van der Waals surface area contributed by atoms with Gasteiger partial charge in [-0.3, -0.25) is 14.4 Å². The van der Waals surface area contributed by atoms with E-state index in [1.165, 1.54) is 25.2 Å². The first-order valence-electron chi connectivity index (χ1n) is 18.6. The molecule has 16 atom stereocenters. The molecule has 8 N–H and O–H groups in total. The molecule has 4 fully saturated rings. The van der Waals surface area contributed by atoms with Crippen molar-refractivity contribution in [2.24, 2.45) is 17.3 Å². The molecule has 6 rings (SSSR count). The summed E-state index contributed by atoms with van der Waals surface area (Å²) in [4.78, 5) is 38.4. The number of hydrogen-bond donors (Lipinski definition) is 8. The third-order valence-corrected chi connectivity index (χ3v) is 12.5. The number of nitrogens with one attached hydrogen (secondary N) is 2. The van der Waals surface area contributed by atoms with Crippen molar-refractivity contribution >= 4 is 17.8 Å². The Hall–Kier alpha value is -2.93. The maximum atomic E-state index is 13.4. The first-order chi connectivity index (χ1) is 25.2. The largest absolute Gasteiger partial charge is 0.508 e. The number of carbonyl (C=O) groups excluding carboxylic acids is 3. The number of ether oxygens (including phenoxy) is 5. The second kappa shape index (κ2) is 16.0. The van der Waals surface area contributed by atoms with E-state index in [-0.39, 0.29) is 24.6 Å². The minimum Gasteiger partial charge on any atom is -0.508 e. The molecule has 0 radical (unpaired) electrons. The monoisotopic (exact) mass is 750 g/mol. The minimum atomic E-state index is -1.75. The summed E-state index contributed by atoms with van der Waals surface area (Å²) in [5, 5.41) is 69.1. The fourth-order valence-electron chi connectivity index (χ4n) is 9.72. The number of aliphatic hydroxyl groups is 5. The van der Waals surface area contributed by atoms with E-state index in [4.69, 9.17) is 23.7 Å². The highest BCUT2D eigenvalue weighted by Crippen LogP contribution is 2.61. The zero-order chi connectivity index (χ0) is 38.4. The Balaban J connectivity index is 1.05. The van der Waals surface area contributed by atoms with Crippen LogP contribution in [0.2, 0.25) is 0 Å². The molecule has 2 amide bonds. The molecule has 2 saturated heterocycles. The lowest BCUT2D eigenvalue weighted by Crippen LogP contribution is -2.68. The zero-order valence-corrected chi connectivity index (χ0v) is 30.5. The normalized spacial score (nSPS) is 42.1. The van der Waals surface area contributed by atoms with Crippen LogP contribution in [0.3, 0.4) is 0 Å². The number of aliphatic hydroxyl groups excluding tert-OH is 5. The number of esters is 1. The predicted octanol–water partition coefficient (Wildman–Crippen LogP) is -0.871. The summed E-state index contributed by atoms with van der Waals surface area (Å²) in [6.45, 7) is 4.18. The third kappa shape index (κ3) is 7.67. The standard InChI is InChI=1S/C37H54N2O14/c1-16-27(39-17(2)41)31(28(44)25(15-40)50-16)52-36-30(46)29(45)32(49-4)33(53-36)35(48)38-12-10-26(43)51-24-14-23-22-7-5-18-13-19(42)6-8-20(18)21(22)9-11-37(23,3)34(24)47/h6,8,13,16,21-25,27-34,36,40,42,44-47H,5,7,9-12,14-15H2,1-4H3,(H,38,48)(H,39,41)/t16?,21-,22-,23+,24-,25?,27?,28?,29?,30?,31?,32?,33?,34+,36?,37+/m1/s1. The summed E-state index contributed by atoms with van der Waals surface area (Å²) in [7, 11) is 1.22. The molecule has 53 heavy (non-hydrogen) atoms. The van der Waals surface area contributed by atoms with E-state index in [9.17, 15) is 45.0 Å². The van der Waals surface area contributed by atoms with Crippen molar-refractivity contribution in [1.29, 1.82) is 0 Å². The van der Waals surface area contributed by atoms with Crippen molar-refractivity contribution < 1.29 is 68.7 Å². The summed E-state index contributed by atoms with van der Waals surface area (Å²) in [6.07, 6.45) is -10.4. The van der Waals surface area contributed by atoms with Gasteiger partial charge in [0, 0.05) is 26.0 Å². The van der Waals surface area contributed by atoms with E-state index in [1.54, 1.807) is 13.0 Å². The van der Waals surface area contributed by atoms with Gasteiger partial charge in [-0.25, -0.2) is 0 Å². The van der Waals surface area contributed by atoms with E-state index in [2.05, 4.69) is 17.6 Å². The maximum Gasteiger partial charge on any atom is 0.307 e. The van der Waals surface area contributed by atoms with Crippen molar-refractivity contribution in [1.82, 2.24) is 10.6 Å². The van der Waals surface area contributed by atoms with Crippen LogP contribution in [0, 0.1) is 17.3 Å². The Labute approximate surface area is 308 Å². The molecule has 1 aromatic carbocycles. The Morgan fingerprint density at radius 2 is 1.79 bits per heavy atom. The van der Waals surface area contributed by atoms with Crippen LogP contribution in [-0.4, -0.2) is 142 Å². The molecule has 0 spiro atoms. The first-order valence-corrected chi connectivity index (χ1v) is 18.6. The van der Waals surface area contributed by atoms with Crippen LogP contribution in [0.4, 0.5) is 0 Å². The van der Waals surface area contributed by atoms with Crippen LogP contribution in [0.15, 0.2) is 18.2 Å². The van der Waals surface area contributed by atoms with E-state index < -0.39 is 103 Å². The van der Waals surface area contributed by atoms with Crippen LogP contribution < -0.4 is 10.6 Å². The molecule has 1 aromatic rings. The van der Waals surface area contributed by atoms with Crippen molar-refractivity contribution in [2.45, 2.75) is 139 Å². The number of methoxy groups -OCH3 is 1. The lowest BCUT2D eigenvalue weighted by atomic mass is 9.55. The maximum absolute atomic E-state index is 13.4. The summed E-state index contributed by atoms with van der Waals surface area (Å²) < 4.78 is 28.4. The average Bonchev–Trinajstić information content (AvgIpc) is 3.37. The molecule has 16 nitrogen and oxygen atoms in total. The average molecular weight is 751 g/mol. The van der Waals surface area contributed by atoms with Crippen molar-refractivity contribution in [2.75, 3.05) is 20.3 Å². The van der Waals surface area contributed by atoms with Gasteiger partial charge < -0.3 is 65.0 Å². The van der Waals surface area contributed by atoms with Crippen molar-refractivity contribution in [3.63, 3.8) is 0 Å². The summed E-state index contributed by atoms with van der Waals surface area (Å²) in [6, 6.07) is 4.64. The molecule has 296 valence electrons. The highest BCUT2D eigenvalue weighted by molar-refractivity contribution is 5.82. The van der Waals surface area contributed by atoms with Crippen molar-refractivity contribution in [3.8, 4) is 5.75 Å². The smallest absolute Gasteiger partial charge is 0.307 e. The molecule has 16 heteroatoms. The Morgan fingerprint density at radius 1 is 1.04 bits per heavy atom. The van der Waals surface area contributed by atoms with Gasteiger partial charge in [0.25, 0.3) is 5.91 Å². The number of aryl methyl sites for hydroxylation is 1. The molecule has 10 unspecified atom stereocenters. The number of amides is 2. The van der Waals surface area contributed by atoms with Gasteiger partial charge >= 0.3 is 5.97 Å². The van der Waals surface area contributed by atoms with Crippen LogP contribution in [0.5, 0.6) is 5.75 Å². The van der Waals surface area contributed by atoms with E-state index in [0.717, 1.165) is 25.7 Å². The van der Waals surface area contributed by atoms with Gasteiger partial charge in [-0.2, -0.15) is 0 Å². The molecule has 3 aliphatic carbocycles. The molecule has 0 bridgehead atoms. The van der Waals surface area contributed by atoms with Gasteiger partial charge in [-0.05, 0) is 80.0 Å². The molecular formula is C37H54N2O14. The van der Waals surface area contributed by atoms with Gasteiger partial charge in [0.15, 0.2) is 12.4 Å². The molecule has 2 aliphatic heterocycles. The van der Waals surface area contributed by atoms with E-state index in [0.29, 0.717) is 18.3 Å². The zero-order valence-electron chi connectivity index (χ0n) is 30.5. The minimum absolute atomic E-state index is 0.149. The molecule has 2 saturated carbocycles. The number of phenols is 1. The SMILES string of the molecule is COC1C(C(=O)NCCC(=O)O[C@@H]2C[C@H]3[C@@H]4CCc5cc(O)ccc5[C@H]4CC[C@]3(C)[C@H]2O)OC(OC2C(O)C(CO)OC(C)C2NC(C)=O)C(O)C1O. The fourth-order valence-corrected chi connectivity index (χ4v) is 9.72. The number of fused-ring (bicyclic) bond motifs is 5. The summed E-state index contributed by atoms with van der Waals surface area (Å²) in [5.41, 5.74) is 2.01. The fraction of sp³-hybridized carbons (Fsp3) is 0.757. The van der Waals surface area contributed by atoms with Gasteiger partial charge in [0.05, 0.1) is 31.3 Å². The number of benzene rings is 1. The highest BCUT2D eigenvalue weighted by atomic mass is 16.7. The van der Waals surface area contributed by atoms with E-state index >= 15 is 0 Å². The lowest BCUT2D eigenvalue weighted by molar-refractivity contribution is -0.325. The lowest BCUT2D eigenvalue weighted by Gasteiger charge is -2.49. The second-order valence-electron chi connectivity index (χ2n) is 15.6. The van der Waals surface area contributed by atoms with Crippen molar-refractivity contribution in [3.05, 3.63) is 29.3 Å². The van der Waals surface area contributed by atoms with Crippen LogP contribution in [0.25, 0.3) is 0 Å². The molecule has 0 aromatic heterocycles. The Morgan fingerprint density at radius 3 is 2.49 bits per heavy atom. The molecular weight excluding hydrogens is 696 g/mol. The second-order valence-corrected chi connectivity index (χ2v) is 15.6. The molecule has 2 heterocycles. The highest BCUT2D eigenvalue weighted by Gasteiger charge is 2.59. The summed E-state index contributed by atoms with van der Waals surface area (Å²) in [5.74, 6) is -0.803. The molecule has 5 aliphatic rings. The third-order valence-electron chi connectivity index (χ3n) is 12.5. The van der Waals surface area contributed by atoms with Gasteiger partial charge in [-0.15, -0.1) is 0 Å². The van der Waals surface area contributed by atoms with Gasteiger partial charge in [0.2, 0.25) is 5.91 Å². The van der Waals surface area contributed by atoms with Crippen LogP contribution >= 0.6 is 0 Å². The van der Waals surface area contributed by atoms with E-state index in [1.807, 2.05) is 12.1 Å². The van der Waals surface area contributed by atoms with Gasteiger partial charge in [0.1, 0.15) is 48.5 Å². The number of carbonyl (C=O) groups is 3. The van der Waals surface area contributed by atoms with Crippen LogP contribution in [-0.2, 0) is 44.5 Å². The number of aromatic hydroxyl groups is 1.